The van der Waals surface area contributed by atoms with Gasteiger partial charge in [-0.25, -0.2) is 0 Å². The van der Waals surface area contributed by atoms with E-state index in [1.807, 2.05) is 12.2 Å². The highest BCUT2D eigenvalue weighted by atomic mass is 16.8. The number of amides is 1. The Labute approximate surface area is 412 Å². The number of carbonyl (C=O) groups is 1. The maximum atomic E-state index is 13.1. The van der Waals surface area contributed by atoms with Crippen molar-refractivity contribution in [3.63, 3.8) is 0 Å². The van der Waals surface area contributed by atoms with Crippen molar-refractivity contribution in [2.75, 3.05) is 26.4 Å². The maximum Gasteiger partial charge on any atom is 0.220 e. The zero-order valence-electron chi connectivity index (χ0n) is 40.7. The van der Waals surface area contributed by atoms with Crippen LogP contribution in [-0.2, 0) is 33.2 Å². The second-order valence-electron chi connectivity index (χ2n) is 17.5. The van der Waals surface area contributed by atoms with Crippen LogP contribution < -0.4 is 5.32 Å². The molecular formula is C51H83NO18. The van der Waals surface area contributed by atoms with Gasteiger partial charge in [-0.15, -0.1) is 0 Å². The Morgan fingerprint density at radius 1 is 0.529 bits per heavy atom. The molecular weight excluding hydrogens is 915 g/mol. The Bertz CT molecular complexity index is 1620. The van der Waals surface area contributed by atoms with Gasteiger partial charge in [0.1, 0.15) is 73.2 Å². The topological polar surface area (TPSA) is 307 Å². The predicted molar refractivity (Wildman–Crippen MR) is 258 cm³/mol. The number of carbonyl (C=O) groups excluding carboxylic acids is 1. The largest absolute Gasteiger partial charge is 0.394 e. The first-order chi connectivity index (χ1) is 33.8. The van der Waals surface area contributed by atoms with E-state index in [1.165, 1.54) is 0 Å². The number of ether oxygens (including phenoxy) is 6. The van der Waals surface area contributed by atoms with Crippen molar-refractivity contribution >= 4 is 5.91 Å². The Balaban J connectivity index is 1.57. The van der Waals surface area contributed by atoms with Crippen LogP contribution in [0, 0.1) is 0 Å². The molecule has 3 saturated heterocycles. The summed E-state index contributed by atoms with van der Waals surface area (Å²) in [5.41, 5.74) is 0. The summed E-state index contributed by atoms with van der Waals surface area (Å²) in [6.45, 7) is 1.39. The highest BCUT2D eigenvalue weighted by Gasteiger charge is 2.53. The number of unbranched alkanes of at least 4 members (excludes halogenated alkanes) is 4. The average Bonchev–Trinajstić information content (AvgIpc) is 3.35. The summed E-state index contributed by atoms with van der Waals surface area (Å²) in [5, 5.41) is 119. The van der Waals surface area contributed by atoms with E-state index in [2.05, 4.69) is 79.9 Å². The molecule has 12 N–H and O–H groups in total. The van der Waals surface area contributed by atoms with E-state index in [0.29, 0.717) is 19.3 Å². The van der Waals surface area contributed by atoms with Gasteiger partial charge in [0, 0.05) is 6.42 Å². The molecule has 19 heteroatoms. The molecule has 0 aromatic rings. The molecule has 0 radical (unpaired) electrons. The van der Waals surface area contributed by atoms with Gasteiger partial charge in [-0.1, -0.05) is 112 Å². The summed E-state index contributed by atoms with van der Waals surface area (Å²) in [6, 6.07) is -1.02. The van der Waals surface area contributed by atoms with E-state index >= 15 is 0 Å². The van der Waals surface area contributed by atoms with Crippen LogP contribution >= 0.6 is 0 Å². The molecule has 3 heterocycles. The number of aliphatic hydroxyl groups is 11. The fraction of sp³-hybridized carbons (Fsp3) is 0.706. The van der Waals surface area contributed by atoms with Crippen molar-refractivity contribution in [2.24, 2.45) is 0 Å². The minimum atomic E-state index is -1.99. The van der Waals surface area contributed by atoms with Crippen molar-refractivity contribution in [2.45, 2.75) is 202 Å². The van der Waals surface area contributed by atoms with Crippen LogP contribution in [-0.4, -0.2) is 193 Å². The number of allylic oxidation sites excluding steroid dienone is 13. The molecule has 3 aliphatic heterocycles. The third-order valence-corrected chi connectivity index (χ3v) is 11.9. The lowest BCUT2D eigenvalue weighted by Crippen LogP contribution is -2.66. The number of hydrogen-bond acceptors (Lipinski definition) is 18. The van der Waals surface area contributed by atoms with Crippen molar-refractivity contribution in [1.29, 1.82) is 0 Å². The summed E-state index contributed by atoms with van der Waals surface area (Å²) >= 11 is 0. The van der Waals surface area contributed by atoms with Crippen LogP contribution in [0.2, 0.25) is 0 Å². The number of rotatable bonds is 32. The predicted octanol–water partition coefficient (Wildman–Crippen LogP) is 1.30. The van der Waals surface area contributed by atoms with Gasteiger partial charge in [-0.2, -0.15) is 0 Å². The van der Waals surface area contributed by atoms with E-state index in [4.69, 9.17) is 28.4 Å². The lowest BCUT2D eigenvalue weighted by molar-refractivity contribution is -0.379. The summed E-state index contributed by atoms with van der Waals surface area (Å²) in [6.07, 6.45) is 12.0. The SMILES string of the molecule is CC/C=C\C/C=C\C/C=C\C/C=C\C/C=C\CCCC(=O)NC(COC1OC(CO)C(OC2OC(CO)C(OC3OC(CO)C(O)C(O)C3O)C(O)C2O)C(O)C1O)C(O)/C=C/CC/C=C/CCCC. The Morgan fingerprint density at radius 3 is 1.51 bits per heavy atom. The van der Waals surface area contributed by atoms with Gasteiger partial charge in [0.2, 0.25) is 5.91 Å². The molecule has 400 valence electrons. The quantitative estimate of drug-likeness (QED) is 0.0334. The monoisotopic (exact) mass is 998 g/mol. The van der Waals surface area contributed by atoms with E-state index in [9.17, 15) is 61.0 Å². The van der Waals surface area contributed by atoms with Crippen LogP contribution in [0.25, 0.3) is 0 Å². The minimum Gasteiger partial charge on any atom is -0.394 e. The fourth-order valence-electron chi connectivity index (χ4n) is 7.75. The smallest absolute Gasteiger partial charge is 0.220 e. The molecule has 17 unspecified atom stereocenters. The lowest BCUT2D eigenvalue weighted by Gasteiger charge is -2.48. The zero-order chi connectivity index (χ0) is 51.3. The lowest BCUT2D eigenvalue weighted by atomic mass is 9.96. The Hall–Kier alpha value is -3.03. The van der Waals surface area contributed by atoms with E-state index in [0.717, 1.165) is 57.8 Å². The number of aliphatic hydroxyl groups excluding tert-OH is 11. The van der Waals surface area contributed by atoms with Crippen molar-refractivity contribution in [3.8, 4) is 0 Å². The molecule has 0 spiro atoms. The van der Waals surface area contributed by atoms with Gasteiger partial charge in [-0.05, 0) is 64.2 Å². The molecule has 19 nitrogen and oxygen atoms in total. The Morgan fingerprint density at radius 2 is 0.971 bits per heavy atom. The minimum absolute atomic E-state index is 0.151. The van der Waals surface area contributed by atoms with Crippen LogP contribution in [0.3, 0.4) is 0 Å². The number of hydrogen-bond donors (Lipinski definition) is 12. The van der Waals surface area contributed by atoms with Crippen LogP contribution in [0.4, 0.5) is 0 Å². The molecule has 0 aromatic heterocycles. The average molecular weight is 998 g/mol. The summed E-state index contributed by atoms with van der Waals surface area (Å²) in [7, 11) is 0. The molecule has 1 amide bonds. The first kappa shape index (κ1) is 61.3. The highest BCUT2D eigenvalue weighted by molar-refractivity contribution is 5.76. The van der Waals surface area contributed by atoms with Crippen molar-refractivity contribution in [3.05, 3.63) is 85.1 Å². The molecule has 3 rings (SSSR count). The van der Waals surface area contributed by atoms with Crippen LogP contribution in [0.15, 0.2) is 85.1 Å². The van der Waals surface area contributed by atoms with Gasteiger partial charge in [0.25, 0.3) is 0 Å². The van der Waals surface area contributed by atoms with Gasteiger partial charge in [-0.3, -0.25) is 4.79 Å². The number of nitrogens with one attached hydrogen (secondary N) is 1. The Kier molecular flexibility index (Phi) is 30.8. The maximum absolute atomic E-state index is 13.1. The summed E-state index contributed by atoms with van der Waals surface area (Å²) in [4.78, 5) is 13.1. The summed E-state index contributed by atoms with van der Waals surface area (Å²) < 4.78 is 34.0. The first-order valence-corrected chi connectivity index (χ1v) is 24.8. The molecule has 70 heavy (non-hydrogen) atoms. The molecule has 0 aliphatic carbocycles. The third kappa shape index (κ3) is 20.8. The van der Waals surface area contributed by atoms with Gasteiger partial charge >= 0.3 is 0 Å². The molecule has 0 saturated carbocycles. The molecule has 3 aliphatic rings. The second kappa shape index (κ2) is 35.2. The molecule has 3 fully saturated rings. The zero-order valence-corrected chi connectivity index (χ0v) is 40.7. The highest BCUT2D eigenvalue weighted by Crippen LogP contribution is 2.33. The fourth-order valence-corrected chi connectivity index (χ4v) is 7.75. The van der Waals surface area contributed by atoms with Crippen molar-refractivity contribution < 1.29 is 89.4 Å². The molecule has 0 aromatic carbocycles. The molecule has 0 bridgehead atoms. The van der Waals surface area contributed by atoms with Crippen LogP contribution in [0.5, 0.6) is 0 Å². The normalized spacial score (nSPS) is 33.3. The van der Waals surface area contributed by atoms with Gasteiger partial charge in [0.15, 0.2) is 18.9 Å². The van der Waals surface area contributed by atoms with E-state index in [1.54, 1.807) is 12.2 Å². The standard InChI is InChI=1S/C51H83NO18/c1-3-5-7-9-11-13-14-15-16-17-18-19-20-21-23-25-27-29-39(57)52-34(35(56)28-26-24-22-12-10-8-6-4-2)33-65-49-45(63)42(60)47(37(31-54)67-49)70-51-46(64)43(61)48(38(32-55)68-51)69-50-44(62)41(59)40(58)36(30-53)66-50/h5,7,10-13,15-16,18-19,21,23,26,28,34-38,40-51,53-56,58-64H,3-4,6,8-9,14,17,20,22,24-25,27,29-33H2,1-2H3,(H,52,57)/b7-5-,12-10+,13-11-,16-15-,19-18-,23-21-,28-26+. The van der Waals surface area contributed by atoms with Crippen LogP contribution in [0.1, 0.15) is 97.3 Å². The second-order valence-corrected chi connectivity index (χ2v) is 17.5. The summed E-state index contributed by atoms with van der Waals surface area (Å²) in [5.74, 6) is -0.352. The molecule has 17 atom stereocenters. The van der Waals surface area contributed by atoms with E-state index < -0.39 is 131 Å². The third-order valence-electron chi connectivity index (χ3n) is 11.9. The van der Waals surface area contributed by atoms with Gasteiger partial charge in [0.05, 0.1) is 38.6 Å². The van der Waals surface area contributed by atoms with Gasteiger partial charge < -0.3 is 89.9 Å². The van der Waals surface area contributed by atoms with E-state index in [-0.39, 0.29) is 12.3 Å². The first-order valence-electron chi connectivity index (χ1n) is 24.8. The van der Waals surface area contributed by atoms with Crippen molar-refractivity contribution in [1.82, 2.24) is 5.32 Å².